The largest absolute Gasteiger partial charge is 0.492 e. The quantitative estimate of drug-likeness (QED) is 0.273. The second-order valence-corrected chi connectivity index (χ2v) is 11.9. The molecule has 0 radical (unpaired) electrons. The number of ether oxygens (including phenoxy) is 1. The summed E-state index contributed by atoms with van der Waals surface area (Å²) < 4.78 is 23.9. The van der Waals surface area contributed by atoms with Crippen LogP contribution in [0.1, 0.15) is 18.4 Å². The standard InChI is InChI=1S/C32H40FN9O3/c1-38(2)18-19-45-25-10-8-23(9-11-25)21-39-14-16-40(17-15-39)31-28(33)30(35-24-6-5-12-41(22-24)32(43)44)36-29(37-31)26-20-34-27-7-3-4-13-42(26)27/h3-4,7-11,13,20,24H,5-6,12,14-19,21-22H2,1-2H3,(H,43,44)(H,35,36,37). The zero-order valence-electron chi connectivity index (χ0n) is 25.8. The number of amides is 1. The third kappa shape index (κ3) is 7.26. The second kappa shape index (κ2) is 13.7. The van der Waals surface area contributed by atoms with Crippen LogP contribution >= 0.6 is 0 Å². The number of piperazine rings is 1. The Morgan fingerprint density at radius 1 is 1.09 bits per heavy atom. The van der Waals surface area contributed by atoms with Crippen molar-refractivity contribution in [3.63, 3.8) is 0 Å². The van der Waals surface area contributed by atoms with E-state index in [0.717, 1.165) is 44.0 Å². The number of anilines is 2. The van der Waals surface area contributed by atoms with Crippen LogP contribution in [-0.2, 0) is 6.54 Å². The highest BCUT2D eigenvalue weighted by atomic mass is 19.1. The van der Waals surface area contributed by atoms with Crippen LogP contribution in [0.2, 0.25) is 0 Å². The van der Waals surface area contributed by atoms with Crippen molar-refractivity contribution in [1.82, 2.24) is 34.1 Å². The van der Waals surface area contributed by atoms with Crippen molar-refractivity contribution >= 4 is 23.4 Å². The minimum absolute atomic E-state index is 0.0773. The minimum Gasteiger partial charge on any atom is -0.492 e. The van der Waals surface area contributed by atoms with Gasteiger partial charge < -0.3 is 29.9 Å². The molecule has 1 amide bonds. The molecule has 2 aliphatic rings. The van der Waals surface area contributed by atoms with Gasteiger partial charge in [-0.1, -0.05) is 18.2 Å². The first kappa shape index (κ1) is 30.5. The monoisotopic (exact) mass is 617 g/mol. The average Bonchev–Trinajstić information content (AvgIpc) is 3.48. The number of hydrogen-bond acceptors (Lipinski definition) is 9. The number of imidazole rings is 1. The lowest BCUT2D eigenvalue weighted by Gasteiger charge is -2.36. The van der Waals surface area contributed by atoms with Crippen LogP contribution in [0.5, 0.6) is 5.75 Å². The first-order valence-electron chi connectivity index (χ1n) is 15.4. The third-order valence-corrected chi connectivity index (χ3v) is 8.32. The Balaban J connectivity index is 1.18. The Morgan fingerprint density at radius 2 is 1.89 bits per heavy atom. The highest BCUT2D eigenvalue weighted by molar-refractivity contribution is 5.66. The number of pyridine rings is 1. The van der Waals surface area contributed by atoms with E-state index in [1.54, 1.807) is 6.20 Å². The number of likely N-dealkylation sites (N-methyl/N-ethyl adjacent to an activating group) is 1. The molecule has 4 aromatic rings. The van der Waals surface area contributed by atoms with Crippen molar-refractivity contribution in [3.8, 4) is 17.3 Å². The molecule has 5 heterocycles. The number of rotatable bonds is 10. The van der Waals surface area contributed by atoms with Gasteiger partial charge in [-0.05, 0) is 56.8 Å². The number of hydrogen-bond donors (Lipinski definition) is 2. The van der Waals surface area contributed by atoms with Gasteiger partial charge in [-0.3, -0.25) is 9.30 Å². The van der Waals surface area contributed by atoms with E-state index in [1.165, 1.54) is 10.5 Å². The Kier molecular flexibility index (Phi) is 9.26. The number of fused-ring (bicyclic) bond motifs is 1. The first-order chi connectivity index (χ1) is 21.8. The summed E-state index contributed by atoms with van der Waals surface area (Å²) in [6.07, 6.45) is 4.01. The molecule has 2 saturated heterocycles. The van der Waals surface area contributed by atoms with Crippen LogP contribution in [-0.4, -0.2) is 118 Å². The smallest absolute Gasteiger partial charge is 0.407 e. The van der Waals surface area contributed by atoms with Gasteiger partial charge in [0.05, 0.1) is 6.20 Å². The highest BCUT2D eigenvalue weighted by Gasteiger charge is 2.28. The number of piperidine rings is 1. The lowest BCUT2D eigenvalue weighted by Crippen LogP contribution is -2.47. The molecule has 3 aromatic heterocycles. The van der Waals surface area contributed by atoms with Crippen LogP contribution in [0.15, 0.2) is 54.9 Å². The predicted molar refractivity (Wildman–Crippen MR) is 170 cm³/mol. The summed E-state index contributed by atoms with van der Waals surface area (Å²) in [5.41, 5.74) is 2.59. The van der Waals surface area contributed by atoms with Gasteiger partial charge in [0.2, 0.25) is 5.82 Å². The maximum Gasteiger partial charge on any atom is 0.407 e. The van der Waals surface area contributed by atoms with Crippen molar-refractivity contribution in [3.05, 3.63) is 66.2 Å². The molecule has 2 aliphatic heterocycles. The van der Waals surface area contributed by atoms with Crippen LogP contribution in [0, 0.1) is 5.82 Å². The van der Waals surface area contributed by atoms with Gasteiger partial charge in [0.15, 0.2) is 17.5 Å². The summed E-state index contributed by atoms with van der Waals surface area (Å²) in [5.74, 6) is 0.999. The molecular formula is C32H40FN9O3. The topological polar surface area (TPSA) is 115 Å². The molecule has 12 nitrogen and oxygen atoms in total. The summed E-state index contributed by atoms with van der Waals surface area (Å²) >= 11 is 0. The molecular weight excluding hydrogens is 577 g/mol. The number of benzene rings is 1. The molecule has 2 N–H and O–H groups in total. The number of nitrogens with zero attached hydrogens (tertiary/aromatic N) is 8. The lowest BCUT2D eigenvalue weighted by atomic mass is 10.1. The Bertz CT molecular complexity index is 1610. The van der Waals surface area contributed by atoms with Gasteiger partial charge in [0.1, 0.15) is 23.7 Å². The second-order valence-electron chi connectivity index (χ2n) is 11.9. The Labute approximate surface area is 262 Å². The number of nitrogens with one attached hydrogen (secondary N) is 1. The molecule has 0 spiro atoms. The van der Waals surface area contributed by atoms with Crippen molar-refractivity contribution < 1.29 is 19.0 Å². The fraction of sp³-hybridized carbons (Fsp3) is 0.438. The summed E-state index contributed by atoms with van der Waals surface area (Å²) in [5, 5.41) is 12.7. The number of carboxylic acid groups (broad SMARTS) is 1. The molecule has 238 valence electrons. The van der Waals surface area contributed by atoms with Crippen molar-refractivity contribution in [2.24, 2.45) is 0 Å². The van der Waals surface area contributed by atoms with Gasteiger partial charge in [0.25, 0.3) is 0 Å². The van der Waals surface area contributed by atoms with E-state index >= 15 is 4.39 Å². The van der Waals surface area contributed by atoms with Crippen molar-refractivity contribution in [2.45, 2.75) is 25.4 Å². The molecule has 13 heteroatoms. The average molecular weight is 618 g/mol. The first-order valence-corrected chi connectivity index (χ1v) is 15.4. The highest BCUT2D eigenvalue weighted by Crippen LogP contribution is 2.30. The van der Waals surface area contributed by atoms with Crippen LogP contribution in [0.3, 0.4) is 0 Å². The molecule has 6 rings (SSSR count). The van der Waals surface area contributed by atoms with Crippen molar-refractivity contribution in [1.29, 1.82) is 0 Å². The summed E-state index contributed by atoms with van der Waals surface area (Å²) in [6.45, 7) is 5.72. The molecule has 2 fully saturated rings. The maximum absolute atomic E-state index is 16.2. The molecule has 1 aromatic carbocycles. The number of aromatic nitrogens is 4. The Hall–Kier alpha value is -4.49. The maximum atomic E-state index is 16.2. The minimum atomic E-state index is -0.973. The number of halogens is 1. The van der Waals surface area contributed by atoms with Crippen LogP contribution in [0.25, 0.3) is 17.2 Å². The summed E-state index contributed by atoms with van der Waals surface area (Å²) in [4.78, 5) is 33.2. The molecule has 0 bridgehead atoms. The van der Waals surface area contributed by atoms with Crippen LogP contribution in [0.4, 0.5) is 20.8 Å². The Morgan fingerprint density at radius 3 is 2.64 bits per heavy atom. The number of likely N-dealkylation sites (tertiary alicyclic amines) is 1. The van der Waals surface area contributed by atoms with E-state index in [4.69, 9.17) is 9.72 Å². The van der Waals surface area contributed by atoms with E-state index in [2.05, 4.69) is 37.2 Å². The van der Waals surface area contributed by atoms with Crippen molar-refractivity contribution in [2.75, 3.05) is 76.7 Å². The molecule has 1 atom stereocenters. The van der Waals surface area contributed by atoms with Gasteiger partial charge in [0, 0.05) is 64.6 Å². The molecule has 1 unspecified atom stereocenters. The predicted octanol–water partition coefficient (Wildman–Crippen LogP) is 3.75. The molecule has 0 aliphatic carbocycles. The van der Waals surface area contributed by atoms with E-state index in [0.29, 0.717) is 44.2 Å². The van der Waals surface area contributed by atoms with E-state index in [1.807, 2.05) is 59.9 Å². The van der Waals surface area contributed by atoms with E-state index in [-0.39, 0.29) is 24.2 Å². The lowest BCUT2D eigenvalue weighted by molar-refractivity contribution is 0.132. The number of carbonyl (C=O) groups is 1. The third-order valence-electron chi connectivity index (χ3n) is 8.32. The van der Waals surface area contributed by atoms with Gasteiger partial charge in [-0.2, -0.15) is 4.39 Å². The fourth-order valence-corrected chi connectivity index (χ4v) is 5.83. The zero-order valence-corrected chi connectivity index (χ0v) is 25.8. The van der Waals surface area contributed by atoms with Gasteiger partial charge in [-0.15, -0.1) is 0 Å². The fourth-order valence-electron chi connectivity index (χ4n) is 5.83. The zero-order chi connectivity index (χ0) is 31.3. The van der Waals surface area contributed by atoms with Crippen LogP contribution < -0.4 is 15.0 Å². The van der Waals surface area contributed by atoms with Gasteiger partial charge in [-0.25, -0.2) is 19.7 Å². The summed E-state index contributed by atoms with van der Waals surface area (Å²) in [7, 11) is 4.05. The normalized spacial score (nSPS) is 17.6. The molecule has 0 saturated carbocycles. The summed E-state index contributed by atoms with van der Waals surface area (Å²) in [6, 6.07) is 13.6. The molecule has 45 heavy (non-hydrogen) atoms. The SMILES string of the molecule is CN(C)CCOc1ccc(CN2CCN(c3nc(-c4cnc5ccccn45)nc(NC4CCCN(C(=O)O)C4)c3F)CC2)cc1. The van der Waals surface area contributed by atoms with E-state index in [9.17, 15) is 9.90 Å². The van der Waals surface area contributed by atoms with Gasteiger partial charge >= 0.3 is 6.09 Å². The van der Waals surface area contributed by atoms with E-state index < -0.39 is 11.9 Å².